The number of hydrogen-bond donors (Lipinski definition) is 1. The van der Waals surface area contributed by atoms with E-state index in [0.29, 0.717) is 17.0 Å². The number of nitrogens with zero attached hydrogens (tertiary/aromatic N) is 2. The molecular formula is C13H14FN3. The SMILES string of the molecule is CCNc1ccnc(-c2ccc(C)c(F)c2)n1. The Labute approximate surface area is 99.7 Å². The van der Waals surface area contributed by atoms with Gasteiger partial charge in [-0.1, -0.05) is 12.1 Å². The van der Waals surface area contributed by atoms with Crippen molar-refractivity contribution in [3.05, 3.63) is 41.8 Å². The molecule has 0 unspecified atom stereocenters. The molecule has 0 aliphatic rings. The molecule has 3 nitrogen and oxygen atoms in total. The van der Waals surface area contributed by atoms with Crippen LogP contribution in [0.1, 0.15) is 12.5 Å². The van der Waals surface area contributed by atoms with Gasteiger partial charge in [0.05, 0.1) is 0 Å². The minimum atomic E-state index is -0.236. The van der Waals surface area contributed by atoms with Crippen molar-refractivity contribution in [2.45, 2.75) is 13.8 Å². The second-order valence-electron chi connectivity index (χ2n) is 3.76. The third-order valence-corrected chi connectivity index (χ3v) is 2.44. The van der Waals surface area contributed by atoms with E-state index in [1.807, 2.05) is 13.0 Å². The van der Waals surface area contributed by atoms with Gasteiger partial charge in [-0.3, -0.25) is 0 Å². The Bertz CT molecular complexity index is 526. The van der Waals surface area contributed by atoms with Crippen LogP contribution < -0.4 is 5.32 Å². The molecule has 88 valence electrons. The molecule has 0 aliphatic carbocycles. The highest BCUT2D eigenvalue weighted by molar-refractivity contribution is 5.57. The minimum absolute atomic E-state index is 0.236. The lowest BCUT2D eigenvalue weighted by atomic mass is 10.1. The van der Waals surface area contributed by atoms with Gasteiger partial charge in [0, 0.05) is 18.3 Å². The van der Waals surface area contributed by atoms with Crippen LogP contribution in [0.2, 0.25) is 0 Å². The highest BCUT2D eigenvalue weighted by atomic mass is 19.1. The van der Waals surface area contributed by atoms with Gasteiger partial charge in [-0.25, -0.2) is 14.4 Å². The predicted molar refractivity (Wildman–Crippen MR) is 66.3 cm³/mol. The zero-order chi connectivity index (χ0) is 12.3. The maximum Gasteiger partial charge on any atom is 0.161 e. The summed E-state index contributed by atoms with van der Waals surface area (Å²) in [6.07, 6.45) is 1.66. The molecule has 2 aromatic rings. The van der Waals surface area contributed by atoms with E-state index in [1.54, 1.807) is 25.3 Å². The molecule has 1 heterocycles. The first-order valence-electron chi connectivity index (χ1n) is 5.54. The van der Waals surface area contributed by atoms with Crippen LogP contribution in [0.5, 0.6) is 0 Å². The third-order valence-electron chi connectivity index (χ3n) is 2.44. The molecule has 0 fully saturated rings. The number of halogens is 1. The van der Waals surface area contributed by atoms with Gasteiger partial charge in [-0.05, 0) is 31.5 Å². The van der Waals surface area contributed by atoms with Crippen molar-refractivity contribution in [1.82, 2.24) is 9.97 Å². The van der Waals surface area contributed by atoms with Crippen LogP contribution >= 0.6 is 0 Å². The second-order valence-corrected chi connectivity index (χ2v) is 3.76. The van der Waals surface area contributed by atoms with Crippen LogP contribution in [-0.2, 0) is 0 Å². The standard InChI is InChI=1S/C13H14FN3/c1-3-15-12-6-7-16-13(17-12)10-5-4-9(2)11(14)8-10/h4-8H,3H2,1-2H3,(H,15,16,17). The first-order valence-corrected chi connectivity index (χ1v) is 5.54. The Morgan fingerprint density at radius 3 is 2.82 bits per heavy atom. The molecule has 1 N–H and O–H groups in total. The first kappa shape index (κ1) is 11.5. The summed E-state index contributed by atoms with van der Waals surface area (Å²) in [7, 11) is 0. The second kappa shape index (κ2) is 4.91. The summed E-state index contributed by atoms with van der Waals surface area (Å²) in [5.41, 5.74) is 1.31. The summed E-state index contributed by atoms with van der Waals surface area (Å²) >= 11 is 0. The largest absolute Gasteiger partial charge is 0.370 e. The van der Waals surface area contributed by atoms with Crippen molar-refractivity contribution < 1.29 is 4.39 Å². The maximum atomic E-state index is 13.4. The number of hydrogen-bond acceptors (Lipinski definition) is 3. The summed E-state index contributed by atoms with van der Waals surface area (Å²) in [6, 6.07) is 6.80. The average molecular weight is 231 g/mol. The minimum Gasteiger partial charge on any atom is -0.370 e. The van der Waals surface area contributed by atoms with Crippen molar-refractivity contribution in [3.63, 3.8) is 0 Å². The number of anilines is 1. The van der Waals surface area contributed by atoms with Gasteiger partial charge in [0.15, 0.2) is 5.82 Å². The summed E-state index contributed by atoms with van der Waals surface area (Å²) in [5, 5.41) is 3.10. The van der Waals surface area contributed by atoms with E-state index in [1.165, 1.54) is 6.07 Å². The number of benzene rings is 1. The van der Waals surface area contributed by atoms with Gasteiger partial charge >= 0.3 is 0 Å². The molecule has 17 heavy (non-hydrogen) atoms. The molecule has 0 atom stereocenters. The molecule has 2 rings (SSSR count). The fourth-order valence-corrected chi connectivity index (χ4v) is 1.51. The molecule has 0 saturated heterocycles. The predicted octanol–water partition coefficient (Wildman–Crippen LogP) is 3.02. The molecule has 0 radical (unpaired) electrons. The van der Waals surface area contributed by atoms with Crippen LogP contribution in [0.3, 0.4) is 0 Å². The van der Waals surface area contributed by atoms with Crippen molar-refractivity contribution in [3.8, 4) is 11.4 Å². The van der Waals surface area contributed by atoms with Gasteiger partial charge in [0.1, 0.15) is 11.6 Å². The van der Waals surface area contributed by atoms with E-state index in [2.05, 4.69) is 15.3 Å². The topological polar surface area (TPSA) is 37.8 Å². The lowest BCUT2D eigenvalue weighted by Gasteiger charge is -2.05. The highest BCUT2D eigenvalue weighted by Gasteiger charge is 2.05. The third kappa shape index (κ3) is 2.58. The summed E-state index contributed by atoms with van der Waals surface area (Å²) in [5.74, 6) is 1.04. The summed E-state index contributed by atoms with van der Waals surface area (Å²) in [6.45, 7) is 4.51. The Kier molecular flexibility index (Phi) is 3.32. The van der Waals surface area contributed by atoms with E-state index in [0.717, 1.165) is 12.4 Å². The van der Waals surface area contributed by atoms with Gasteiger partial charge < -0.3 is 5.32 Å². The number of nitrogens with one attached hydrogen (secondary N) is 1. The van der Waals surface area contributed by atoms with E-state index in [9.17, 15) is 4.39 Å². The van der Waals surface area contributed by atoms with Gasteiger partial charge in [-0.2, -0.15) is 0 Å². The number of aromatic nitrogens is 2. The molecule has 1 aromatic heterocycles. The van der Waals surface area contributed by atoms with Crippen LogP contribution in [0.25, 0.3) is 11.4 Å². The van der Waals surface area contributed by atoms with Crippen molar-refractivity contribution >= 4 is 5.82 Å². The molecule has 0 bridgehead atoms. The van der Waals surface area contributed by atoms with Gasteiger partial charge in [-0.15, -0.1) is 0 Å². The van der Waals surface area contributed by atoms with Gasteiger partial charge in [0.2, 0.25) is 0 Å². The van der Waals surface area contributed by atoms with E-state index < -0.39 is 0 Å². The Morgan fingerprint density at radius 2 is 2.12 bits per heavy atom. The molecule has 0 amide bonds. The zero-order valence-corrected chi connectivity index (χ0v) is 9.87. The lowest BCUT2D eigenvalue weighted by molar-refractivity contribution is 0.619. The van der Waals surface area contributed by atoms with Crippen LogP contribution in [0, 0.1) is 12.7 Å². The zero-order valence-electron chi connectivity index (χ0n) is 9.87. The monoisotopic (exact) mass is 231 g/mol. The van der Waals surface area contributed by atoms with Crippen LogP contribution in [0.15, 0.2) is 30.5 Å². The molecule has 0 saturated carbocycles. The van der Waals surface area contributed by atoms with Crippen LogP contribution in [0.4, 0.5) is 10.2 Å². The number of rotatable bonds is 3. The number of aryl methyl sites for hydroxylation is 1. The van der Waals surface area contributed by atoms with E-state index in [4.69, 9.17) is 0 Å². The van der Waals surface area contributed by atoms with Crippen molar-refractivity contribution in [1.29, 1.82) is 0 Å². The molecule has 4 heteroatoms. The van der Waals surface area contributed by atoms with Crippen molar-refractivity contribution in [2.24, 2.45) is 0 Å². The highest BCUT2D eigenvalue weighted by Crippen LogP contribution is 2.19. The Morgan fingerprint density at radius 1 is 1.29 bits per heavy atom. The van der Waals surface area contributed by atoms with E-state index in [-0.39, 0.29) is 5.82 Å². The average Bonchev–Trinajstić information content (AvgIpc) is 2.33. The lowest BCUT2D eigenvalue weighted by Crippen LogP contribution is -2.01. The normalized spacial score (nSPS) is 10.3. The smallest absolute Gasteiger partial charge is 0.161 e. The van der Waals surface area contributed by atoms with Gasteiger partial charge in [0.25, 0.3) is 0 Å². The van der Waals surface area contributed by atoms with Crippen LogP contribution in [-0.4, -0.2) is 16.5 Å². The fourth-order valence-electron chi connectivity index (χ4n) is 1.51. The fraction of sp³-hybridized carbons (Fsp3) is 0.231. The molecule has 0 spiro atoms. The maximum absolute atomic E-state index is 13.4. The molecule has 1 aromatic carbocycles. The molecular weight excluding hydrogens is 217 g/mol. The summed E-state index contributed by atoms with van der Waals surface area (Å²) < 4.78 is 13.4. The van der Waals surface area contributed by atoms with E-state index >= 15 is 0 Å². The quantitative estimate of drug-likeness (QED) is 0.882. The molecule has 0 aliphatic heterocycles. The van der Waals surface area contributed by atoms with Crippen molar-refractivity contribution in [2.75, 3.05) is 11.9 Å². The Balaban J connectivity index is 2.38. The summed E-state index contributed by atoms with van der Waals surface area (Å²) in [4.78, 5) is 8.46. The first-order chi connectivity index (χ1) is 8.20. The Hall–Kier alpha value is -1.97.